The van der Waals surface area contributed by atoms with Crippen molar-refractivity contribution in [2.75, 3.05) is 53.5 Å². The summed E-state index contributed by atoms with van der Waals surface area (Å²) in [6.45, 7) is 4.28. The maximum atomic E-state index is 13.4. The third-order valence-electron chi connectivity index (χ3n) is 6.56. The highest BCUT2D eigenvalue weighted by atomic mass is 32.2. The van der Waals surface area contributed by atoms with E-state index < -0.39 is 10.0 Å². The van der Waals surface area contributed by atoms with E-state index in [2.05, 4.69) is 4.90 Å². The van der Waals surface area contributed by atoms with Crippen LogP contribution in [0.25, 0.3) is 0 Å². The lowest BCUT2D eigenvalue weighted by Crippen LogP contribution is -2.48. The fraction of sp³-hybridized carbons (Fsp3) is 0.480. The van der Waals surface area contributed by atoms with Gasteiger partial charge in [0.05, 0.1) is 24.7 Å². The highest BCUT2D eigenvalue weighted by Crippen LogP contribution is 2.28. The molecule has 2 fully saturated rings. The average molecular weight is 488 g/mol. The van der Waals surface area contributed by atoms with Crippen LogP contribution in [-0.2, 0) is 16.6 Å². The van der Waals surface area contributed by atoms with E-state index in [4.69, 9.17) is 9.47 Å². The van der Waals surface area contributed by atoms with Gasteiger partial charge in [-0.15, -0.1) is 0 Å². The van der Waals surface area contributed by atoms with Crippen molar-refractivity contribution >= 4 is 15.9 Å². The fourth-order valence-corrected chi connectivity index (χ4v) is 6.33. The molecule has 0 aromatic heterocycles. The summed E-state index contributed by atoms with van der Waals surface area (Å²) < 4.78 is 38.8. The summed E-state index contributed by atoms with van der Waals surface area (Å²) in [5, 5.41) is 0. The van der Waals surface area contributed by atoms with E-state index >= 15 is 0 Å². The smallest absolute Gasteiger partial charge is 0.255 e. The van der Waals surface area contributed by atoms with Crippen molar-refractivity contribution in [2.24, 2.45) is 0 Å². The number of benzene rings is 2. The number of sulfonamides is 1. The number of carbonyl (C=O) groups is 1. The molecule has 0 unspecified atom stereocenters. The lowest BCUT2D eigenvalue weighted by atomic mass is 10.1. The molecule has 2 aliphatic rings. The summed E-state index contributed by atoms with van der Waals surface area (Å²) in [5.41, 5.74) is 1.37. The van der Waals surface area contributed by atoms with Crippen molar-refractivity contribution in [3.8, 4) is 11.5 Å². The van der Waals surface area contributed by atoms with E-state index in [9.17, 15) is 13.2 Å². The Kier molecular flexibility index (Phi) is 7.75. The van der Waals surface area contributed by atoms with Crippen LogP contribution >= 0.6 is 0 Å². The van der Waals surface area contributed by atoms with Gasteiger partial charge in [0.15, 0.2) is 11.5 Å². The molecular weight excluding hydrogens is 454 g/mol. The number of piperidine rings is 1. The zero-order valence-electron chi connectivity index (χ0n) is 19.9. The highest BCUT2D eigenvalue weighted by molar-refractivity contribution is 7.89. The van der Waals surface area contributed by atoms with Gasteiger partial charge in [0, 0.05) is 45.8 Å². The molecule has 0 atom stereocenters. The number of hydrogen-bond acceptors (Lipinski definition) is 6. The van der Waals surface area contributed by atoms with E-state index in [1.807, 2.05) is 18.2 Å². The van der Waals surface area contributed by atoms with Gasteiger partial charge in [0.25, 0.3) is 5.91 Å². The maximum absolute atomic E-state index is 13.4. The molecule has 0 bridgehead atoms. The van der Waals surface area contributed by atoms with Gasteiger partial charge >= 0.3 is 0 Å². The molecule has 2 aromatic carbocycles. The lowest BCUT2D eigenvalue weighted by Gasteiger charge is -2.35. The molecule has 1 amide bonds. The zero-order valence-corrected chi connectivity index (χ0v) is 20.7. The van der Waals surface area contributed by atoms with Crippen LogP contribution in [0.4, 0.5) is 0 Å². The first kappa shape index (κ1) is 24.5. The van der Waals surface area contributed by atoms with Crippen LogP contribution in [0.2, 0.25) is 0 Å². The van der Waals surface area contributed by atoms with E-state index in [-0.39, 0.29) is 16.4 Å². The minimum atomic E-state index is -3.69. The Bertz CT molecular complexity index is 1110. The number of nitrogens with zero attached hydrogens (tertiary/aromatic N) is 3. The Labute approximate surface area is 202 Å². The molecule has 8 nitrogen and oxygen atoms in total. The first-order valence-corrected chi connectivity index (χ1v) is 13.2. The quantitative estimate of drug-likeness (QED) is 0.598. The third-order valence-corrected chi connectivity index (χ3v) is 8.52. The second-order valence-corrected chi connectivity index (χ2v) is 10.6. The number of hydrogen-bond donors (Lipinski definition) is 0. The predicted octanol–water partition coefficient (Wildman–Crippen LogP) is 2.84. The van der Waals surface area contributed by atoms with Crippen LogP contribution in [0.3, 0.4) is 0 Å². The minimum Gasteiger partial charge on any atom is -0.493 e. The van der Waals surface area contributed by atoms with Crippen molar-refractivity contribution in [3.63, 3.8) is 0 Å². The van der Waals surface area contributed by atoms with Gasteiger partial charge in [0.1, 0.15) is 0 Å². The molecule has 4 rings (SSSR count). The topological polar surface area (TPSA) is 79.4 Å². The molecule has 2 aromatic rings. The van der Waals surface area contributed by atoms with Gasteiger partial charge in [-0.05, 0) is 42.7 Å². The second kappa shape index (κ2) is 10.8. The lowest BCUT2D eigenvalue weighted by molar-refractivity contribution is 0.0624. The Morgan fingerprint density at radius 1 is 0.853 bits per heavy atom. The van der Waals surface area contributed by atoms with Crippen molar-refractivity contribution in [3.05, 3.63) is 53.6 Å². The number of piperazine rings is 1. The van der Waals surface area contributed by atoms with Gasteiger partial charge < -0.3 is 14.4 Å². The van der Waals surface area contributed by atoms with Crippen LogP contribution in [0.1, 0.15) is 35.2 Å². The van der Waals surface area contributed by atoms with Crippen LogP contribution in [0.15, 0.2) is 47.4 Å². The highest BCUT2D eigenvalue weighted by Gasteiger charge is 2.32. The molecule has 2 aliphatic heterocycles. The first-order valence-electron chi connectivity index (χ1n) is 11.8. The largest absolute Gasteiger partial charge is 0.493 e. The summed E-state index contributed by atoms with van der Waals surface area (Å²) in [7, 11) is -0.452. The molecule has 2 saturated heterocycles. The van der Waals surface area contributed by atoms with E-state index in [1.165, 1.54) is 4.31 Å². The Morgan fingerprint density at radius 3 is 2.21 bits per heavy atom. The van der Waals surface area contributed by atoms with Crippen LogP contribution in [-0.4, -0.2) is 81.9 Å². The van der Waals surface area contributed by atoms with Gasteiger partial charge in [-0.25, -0.2) is 8.42 Å². The molecule has 0 aliphatic carbocycles. The SMILES string of the molecule is COc1ccc(CN2CCN(C(=O)c3ccccc3S(=O)(=O)N3CCCCC3)CC2)cc1OC. The maximum Gasteiger partial charge on any atom is 0.255 e. The monoisotopic (exact) mass is 487 g/mol. The molecule has 0 N–H and O–H groups in total. The summed E-state index contributed by atoms with van der Waals surface area (Å²) in [6.07, 6.45) is 2.76. The Balaban J connectivity index is 1.42. The van der Waals surface area contributed by atoms with Gasteiger partial charge in [0.2, 0.25) is 10.0 Å². The third kappa shape index (κ3) is 5.21. The normalized spacial score (nSPS) is 18.0. The van der Waals surface area contributed by atoms with Crippen molar-refractivity contribution < 1.29 is 22.7 Å². The number of methoxy groups -OCH3 is 2. The zero-order chi connectivity index (χ0) is 24.1. The minimum absolute atomic E-state index is 0.120. The molecule has 9 heteroatoms. The molecule has 0 spiro atoms. The molecule has 2 heterocycles. The van der Waals surface area contributed by atoms with Gasteiger partial charge in [-0.3, -0.25) is 9.69 Å². The summed E-state index contributed by atoms with van der Waals surface area (Å²) in [6, 6.07) is 12.5. The molecule has 0 saturated carbocycles. The van der Waals surface area contributed by atoms with Crippen LogP contribution in [0.5, 0.6) is 11.5 Å². The van der Waals surface area contributed by atoms with Crippen molar-refractivity contribution in [1.82, 2.24) is 14.1 Å². The van der Waals surface area contributed by atoms with Crippen LogP contribution < -0.4 is 9.47 Å². The summed E-state index contributed by atoms with van der Waals surface area (Å²) in [5.74, 6) is 1.17. The number of amides is 1. The van der Waals surface area contributed by atoms with Crippen molar-refractivity contribution in [2.45, 2.75) is 30.7 Å². The summed E-state index contributed by atoms with van der Waals surface area (Å²) in [4.78, 5) is 17.5. The first-order chi connectivity index (χ1) is 16.4. The standard InChI is InChI=1S/C25H33N3O5S/c1-32-22-11-10-20(18-23(22)33-2)19-26-14-16-27(17-15-26)25(29)21-8-4-5-9-24(21)34(30,31)28-12-6-3-7-13-28/h4-5,8-11,18H,3,6-7,12-17,19H2,1-2H3. The van der Waals surface area contributed by atoms with E-state index in [1.54, 1.807) is 43.4 Å². The fourth-order valence-electron chi connectivity index (χ4n) is 4.63. The average Bonchev–Trinajstić information content (AvgIpc) is 2.89. The number of carbonyl (C=O) groups excluding carboxylic acids is 1. The molecular formula is C25H33N3O5S. The Hall–Kier alpha value is -2.62. The van der Waals surface area contributed by atoms with E-state index in [0.29, 0.717) is 50.8 Å². The van der Waals surface area contributed by atoms with Crippen molar-refractivity contribution in [1.29, 1.82) is 0 Å². The number of ether oxygens (including phenoxy) is 2. The van der Waals surface area contributed by atoms with E-state index in [0.717, 1.165) is 31.4 Å². The summed E-state index contributed by atoms with van der Waals surface area (Å²) >= 11 is 0. The Morgan fingerprint density at radius 2 is 1.53 bits per heavy atom. The second-order valence-electron chi connectivity index (χ2n) is 8.72. The van der Waals surface area contributed by atoms with Gasteiger partial charge in [-0.1, -0.05) is 24.6 Å². The molecule has 184 valence electrons. The van der Waals surface area contributed by atoms with Gasteiger partial charge in [-0.2, -0.15) is 4.31 Å². The molecule has 34 heavy (non-hydrogen) atoms. The van der Waals surface area contributed by atoms with Crippen LogP contribution in [0, 0.1) is 0 Å². The number of rotatable bonds is 7. The predicted molar refractivity (Wildman–Crippen MR) is 130 cm³/mol. The molecule has 0 radical (unpaired) electrons.